The molecule has 0 aliphatic carbocycles. The Hall–Kier alpha value is -1.03. The molecule has 0 saturated carbocycles. The molecule has 9 heteroatoms. The van der Waals surface area contributed by atoms with E-state index in [1.807, 2.05) is 0 Å². The largest absolute Gasteiger partial charge is 0.464 e. The molecule has 0 aromatic carbocycles. The Morgan fingerprint density at radius 1 is 1.53 bits per heavy atom. The third-order valence-electron chi connectivity index (χ3n) is 2.70. The fourth-order valence-electron chi connectivity index (χ4n) is 1.75. The number of carbonyl (C=O) groups excluding carboxylic acids is 1. The number of nitrogens with one attached hydrogen (secondary N) is 1. The van der Waals surface area contributed by atoms with Crippen LogP contribution in [0.25, 0.3) is 0 Å². The number of sulfonamides is 1. The number of aromatic nitrogens is 1. The minimum Gasteiger partial charge on any atom is -0.464 e. The molecule has 1 aromatic heterocycles. The molecule has 2 rings (SSSR count). The number of ether oxygens (including phenoxy) is 2. The van der Waals surface area contributed by atoms with E-state index in [1.165, 1.54) is 12.6 Å². The van der Waals surface area contributed by atoms with Crippen LogP contribution in [0.5, 0.6) is 0 Å². The van der Waals surface area contributed by atoms with Gasteiger partial charge in [-0.2, -0.15) is 0 Å². The number of methoxy groups -OCH3 is 1. The van der Waals surface area contributed by atoms with Crippen LogP contribution in [0.3, 0.4) is 0 Å². The van der Waals surface area contributed by atoms with Crippen LogP contribution in [0.1, 0.15) is 23.3 Å². The molecule has 1 saturated heterocycles. The standard InChI is InChI=1S/C10H14N2O5S2/c1-16-9(13)8-10(18-6-11-8)19(14,15)12-7-2-4-17-5-3-7/h6-7,12H,2-5H2,1H3. The van der Waals surface area contributed by atoms with Gasteiger partial charge in [-0.3, -0.25) is 0 Å². The van der Waals surface area contributed by atoms with Crippen LogP contribution < -0.4 is 4.72 Å². The van der Waals surface area contributed by atoms with Crippen LogP contribution >= 0.6 is 11.3 Å². The molecular formula is C10H14N2O5S2. The number of nitrogens with zero attached hydrogens (tertiary/aromatic N) is 1. The first-order valence-electron chi connectivity index (χ1n) is 5.66. The van der Waals surface area contributed by atoms with Gasteiger partial charge in [0.25, 0.3) is 10.0 Å². The monoisotopic (exact) mass is 306 g/mol. The molecule has 19 heavy (non-hydrogen) atoms. The van der Waals surface area contributed by atoms with Crippen LogP contribution in [-0.2, 0) is 19.5 Å². The van der Waals surface area contributed by atoms with Gasteiger partial charge in [0.05, 0.1) is 12.6 Å². The highest BCUT2D eigenvalue weighted by Gasteiger charge is 2.29. The van der Waals surface area contributed by atoms with E-state index in [9.17, 15) is 13.2 Å². The van der Waals surface area contributed by atoms with Gasteiger partial charge in [0.15, 0.2) is 9.90 Å². The van der Waals surface area contributed by atoms with Crippen LogP contribution in [0.15, 0.2) is 9.72 Å². The molecule has 106 valence electrons. The summed E-state index contributed by atoms with van der Waals surface area (Å²) < 4.78 is 36.6. The first kappa shape index (κ1) is 14.4. The van der Waals surface area contributed by atoms with E-state index in [-0.39, 0.29) is 15.9 Å². The highest BCUT2D eigenvalue weighted by Crippen LogP contribution is 2.22. The van der Waals surface area contributed by atoms with Crippen molar-refractivity contribution in [2.45, 2.75) is 23.1 Å². The molecule has 0 bridgehead atoms. The van der Waals surface area contributed by atoms with Crippen LogP contribution in [0.4, 0.5) is 0 Å². The Balaban J connectivity index is 2.19. The van der Waals surface area contributed by atoms with E-state index in [2.05, 4.69) is 14.4 Å². The van der Waals surface area contributed by atoms with Gasteiger partial charge < -0.3 is 9.47 Å². The molecule has 0 unspecified atom stereocenters. The lowest BCUT2D eigenvalue weighted by Gasteiger charge is -2.22. The van der Waals surface area contributed by atoms with E-state index >= 15 is 0 Å². The van der Waals surface area contributed by atoms with Gasteiger partial charge in [0.1, 0.15) is 0 Å². The van der Waals surface area contributed by atoms with Crippen molar-refractivity contribution in [2.24, 2.45) is 0 Å². The van der Waals surface area contributed by atoms with E-state index in [1.54, 1.807) is 0 Å². The third-order valence-corrected chi connectivity index (χ3v) is 5.59. The van der Waals surface area contributed by atoms with Crippen molar-refractivity contribution >= 4 is 27.3 Å². The first-order valence-corrected chi connectivity index (χ1v) is 8.03. The molecule has 1 aliphatic rings. The third kappa shape index (κ3) is 3.30. The second-order valence-electron chi connectivity index (χ2n) is 3.99. The summed E-state index contributed by atoms with van der Waals surface area (Å²) in [5, 5.41) is 0. The lowest BCUT2D eigenvalue weighted by atomic mass is 10.1. The maximum Gasteiger partial charge on any atom is 0.358 e. The van der Waals surface area contributed by atoms with E-state index in [0.29, 0.717) is 26.1 Å². The zero-order chi connectivity index (χ0) is 13.9. The van der Waals surface area contributed by atoms with Gasteiger partial charge in [-0.15, -0.1) is 11.3 Å². The molecule has 0 atom stereocenters. The van der Waals surface area contributed by atoms with Gasteiger partial charge in [-0.25, -0.2) is 22.9 Å². The van der Waals surface area contributed by atoms with Crippen LogP contribution in [0, 0.1) is 0 Å². The molecule has 0 radical (unpaired) electrons. The average molecular weight is 306 g/mol. The number of hydrogen-bond donors (Lipinski definition) is 1. The fraction of sp³-hybridized carbons (Fsp3) is 0.600. The quantitative estimate of drug-likeness (QED) is 0.809. The summed E-state index contributed by atoms with van der Waals surface area (Å²) in [5.41, 5.74) is 1.14. The van der Waals surface area contributed by atoms with Crippen LogP contribution in [-0.4, -0.2) is 45.7 Å². The zero-order valence-electron chi connectivity index (χ0n) is 10.3. The van der Waals surface area contributed by atoms with Gasteiger partial charge in [0, 0.05) is 19.3 Å². The maximum atomic E-state index is 12.2. The van der Waals surface area contributed by atoms with Crippen molar-refractivity contribution in [1.29, 1.82) is 0 Å². The SMILES string of the molecule is COC(=O)c1ncsc1S(=O)(=O)NC1CCOCC1. The zero-order valence-corrected chi connectivity index (χ0v) is 11.9. The predicted molar refractivity (Wildman–Crippen MR) is 67.6 cm³/mol. The summed E-state index contributed by atoms with van der Waals surface area (Å²) in [5.74, 6) is -0.756. The average Bonchev–Trinajstić information content (AvgIpc) is 2.88. The second kappa shape index (κ2) is 5.95. The molecule has 1 N–H and O–H groups in total. The van der Waals surface area contributed by atoms with Gasteiger partial charge in [-0.05, 0) is 12.8 Å². The molecule has 0 amide bonds. The molecule has 1 fully saturated rings. The summed E-state index contributed by atoms with van der Waals surface area (Å²) in [6, 6.07) is -0.175. The van der Waals surface area contributed by atoms with E-state index in [4.69, 9.17) is 4.74 Å². The number of rotatable bonds is 4. The van der Waals surface area contributed by atoms with Gasteiger partial charge in [-0.1, -0.05) is 0 Å². The minimum atomic E-state index is -3.75. The minimum absolute atomic E-state index is 0.106. The van der Waals surface area contributed by atoms with Gasteiger partial charge in [0.2, 0.25) is 0 Å². The Bertz CT molecular complexity index is 548. The van der Waals surface area contributed by atoms with Crippen molar-refractivity contribution < 1.29 is 22.7 Å². The van der Waals surface area contributed by atoms with Crippen molar-refractivity contribution in [3.05, 3.63) is 11.2 Å². The first-order chi connectivity index (χ1) is 9.04. The van der Waals surface area contributed by atoms with Crippen molar-refractivity contribution in [3.8, 4) is 0 Å². The molecule has 0 spiro atoms. The summed E-state index contributed by atoms with van der Waals surface area (Å²) in [4.78, 5) is 15.2. The number of thiazole rings is 1. The summed E-state index contributed by atoms with van der Waals surface area (Å²) >= 11 is 0.895. The summed E-state index contributed by atoms with van der Waals surface area (Å²) in [7, 11) is -2.57. The Morgan fingerprint density at radius 3 is 2.84 bits per heavy atom. The Morgan fingerprint density at radius 2 is 2.21 bits per heavy atom. The summed E-state index contributed by atoms with van der Waals surface area (Å²) in [6.07, 6.45) is 1.23. The Labute approximate surface area is 115 Å². The van der Waals surface area contributed by atoms with Crippen LogP contribution in [0.2, 0.25) is 0 Å². The smallest absolute Gasteiger partial charge is 0.358 e. The highest BCUT2D eigenvalue weighted by molar-refractivity contribution is 7.91. The molecule has 7 nitrogen and oxygen atoms in total. The van der Waals surface area contributed by atoms with E-state index < -0.39 is 16.0 Å². The molecule has 1 aliphatic heterocycles. The number of carbonyl (C=O) groups is 1. The molecule has 2 heterocycles. The lowest BCUT2D eigenvalue weighted by molar-refractivity contribution is 0.0590. The lowest BCUT2D eigenvalue weighted by Crippen LogP contribution is -2.39. The Kier molecular flexibility index (Phi) is 4.50. The molecular weight excluding hydrogens is 292 g/mol. The topological polar surface area (TPSA) is 94.6 Å². The highest BCUT2D eigenvalue weighted by atomic mass is 32.2. The second-order valence-corrected chi connectivity index (χ2v) is 6.75. The normalized spacial score (nSPS) is 17.3. The van der Waals surface area contributed by atoms with E-state index in [0.717, 1.165) is 11.3 Å². The predicted octanol–water partition coefficient (Wildman–Crippen LogP) is 0.387. The fourth-order valence-corrected chi connectivity index (χ4v) is 4.20. The summed E-state index contributed by atoms with van der Waals surface area (Å²) in [6.45, 7) is 1.06. The van der Waals surface area contributed by atoms with Crippen molar-refractivity contribution in [3.63, 3.8) is 0 Å². The van der Waals surface area contributed by atoms with Crippen molar-refractivity contribution in [2.75, 3.05) is 20.3 Å². The number of esters is 1. The molecule has 1 aromatic rings. The maximum absolute atomic E-state index is 12.2. The van der Waals surface area contributed by atoms with Gasteiger partial charge >= 0.3 is 5.97 Å². The van der Waals surface area contributed by atoms with Crippen molar-refractivity contribution in [1.82, 2.24) is 9.71 Å². The number of hydrogen-bond acceptors (Lipinski definition) is 7.